The van der Waals surface area contributed by atoms with E-state index in [2.05, 4.69) is 50.4 Å². The van der Waals surface area contributed by atoms with Crippen molar-refractivity contribution in [1.29, 1.82) is 0 Å². The van der Waals surface area contributed by atoms with Crippen LogP contribution in [0, 0.1) is 6.92 Å². The first kappa shape index (κ1) is 10.3. The van der Waals surface area contributed by atoms with Crippen LogP contribution in [0.4, 0.5) is 0 Å². The van der Waals surface area contributed by atoms with Crippen LogP contribution in [0.5, 0.6) is 0 Å². The van der Waals surface area contributed by atoms with Crippen molar-refractivity contribution in [3.8, 4) is 0 Å². The number of hydrogen-bond acceptors (Lipinski definition) is 1. The number of hydrogen-bond donors (Lipinski definition) is 1. The molecule has 0 heterocycles. The zero-order chi connectivity index (χ0) is 9.68. The largest absolute Gasteiger partial charge is 0.310 e. The van der Waals surface area contributed by atoms with E-state index in [1.807, 2.05) is 0 Å². The molecule has 1 N–H and O–H groups in total. The highest BCUT2D eigenvalue weighted by molar-refractivity contribution is 5.21. The minimum Gasteiger partial charge on any atom is -0.310 e. The van der Waals surface area contributed by atoms with E-state index >= 15 is 0 Å². The van der Waals surface area contributed by atoms with E-state index in [1.165, 1.54) is 17.5 Å². The molecule has 0 aliphatic heterocycles. The molecule has 1 heteroatoms. The molecule has 1 aromatic rings. The first-order chi connectivity index (χ1) is 6.22. The summed E-state index contributed by atoms with van der Waals surface area (Å²) in [6.07, 6.45) is 1.19. The molecule has 1 rings (SSSR count). The molecule has 0 aliphatic carbocycles. The van der Waals surface area contributed by atoms with E-state index < -0.39 is 0 Å². The van der Waals surface area contributed by atoms with Crippen molar-refractivity contribution in [1.82, 2.24) is 5.32 Å². The second-order valence-electron chi connectivity index (χ2n) is 3.68. The van der Waals surface area contributed by atoms with Gasteiger partial charge in [-0.2, -0.15) is 0 Å². The monoisotopic (exact) mass is 177 g/mol. The predicted octanol–water partition coefficient (Wildman–Crippen LogP) is 2.88. The molecule has 72 valence electrons. The van der Waals surface area contributed by atoms with E-state index in [1.54, 1.807) is 0 Å². The van der Waals surface area contributed by atoms with Gasteiger partial charge in [0, 0.05) is 12.6 Å². The van der Waals surface area contributed by atoms with Gasteiger partial charge in [-0.05, 0) is 25.8 Å². The molecule has 0 radical (unpaired) electrons. The second kappa shape index (κ2) is 5.03. The van der Waals surface area contributed by atoms with Crippen LogP contribution in [-0.4, -0.2) is 6.04 Å². The Bertz CT molecular complexity index is 255. The van der Waals surface area contributed by atoms with Gasteiger partial charge >= 0.3 is 0 Å². The molecule has 0 saturated carbocycles. The molecule has 1 atom stereocenters. The summed E-state index contributed by atoms with van der Waals surface area (Å²) in [4.78, 5) is 0. The van der Waals surface area contributed by atoms with Crippen molar-refractivity contribution in [3.63, 3.8) is 0 Å². The fourth-order valence-corrected chi connectivity index (χ4v) is 1.26. The van der Waals surface area contributed by atoms with Gasteiger partial charge in [0.15, 0.2) is 0 Å². The topological polar surface area (TPSA) is 12.0 Å². The molecule has 0 bridgehead atoms. The van der Waals surface area contributed by atoms with Crippen molar-refractivity contribution in [3.05, 3.63) is 35.4 Å². The van der Waals surface area contributed by atoms with Crippen molar-refractivity contribution in [2.75, 3.05) is 0 Å². The van der Waals surface area contributed by atoms with Crippen LogP contribution in [0.25, 0.3) is 0 Å². The van der Waals surface area contributed by atoms with Crippen molar-refractivity contribution >= 4 is 0 Å². The van der Waals surface area contributed by atoms with Gasteiger partial charge in [-0.15, -0.1) is 0 Å². The Morgan fingerprint density at radius 1 is 1.38 bits per heavy atom. The summed E-state index contributed by atoms with van der Waals surface area (Å²) in [5.41, 5.74) is 2.71. The SMILES string of the molecule is CC[C@H](C)NCc1cccc(C)c1. The maximum atomic E-state index is 3.48. The highest BCUT2D eigenvalue weighted by Gasteiger charge is 1.97. The molecular weight excluding hydrogens is 158 g/mol. The smallest absolute Gasteiger partial charge is 0.0208 e. The average Bonchev–Trinajstić information content (AvgIpc) is 2.14. The van der Waals surface area contributed by atoms with Crippen LogP contribution < -0.4 is 5.32 Å². The molecule has 0 saturated heterocycles. The molecule has 13 heavy (non-hydrogen) atoms. The standard InChI is InChI=1S/C12H19N/c1-4-11(3)13-9-12-7-5-6-10(2)8-12/h5-8,11,13H,4,9H2,1-3H3/t11-/m0/s1. The van der Waals surface area contributed by atoms with E-state index in [0.717, 1.165) is 6.54 Å². The third-order valence-corrected chi connectivity index (χ3v) is 2.35. The van der Waals surface area contributed by atoms with Crippen LogP contribution in [0.15, 0.2) is 24.3 Å². The van der Waals surface area contributed by atoms with Gasteiger partial charge < -0.3 is 5.32 Å². The summed E-state index contributed by atoms with van der Waals surface area (Å²) in [6, 6.07) is 9.26. The quantitative estimate of drug-likeness (QED) is 0.745. The number of benzene rings is 1. The Labute approximate surface area is 81.2 Å². The third kappa shape index (κ3) is 3.60. The van der Waals surface area contributed by atoms with Crippen LogP contribution >= 0.6 is 0 Å². The Morgan fingerprint density at radius 2 is 2.15 bits per heavy atom. The van der Waals surface area contributed by atoms with Gasteiger partial charge in [0.05, 0.1) is 0 Å². The molecule has 0 unspecified atom stereocenters. The van der Waals surface area contributed by atoms with Crippen molar-refractivity contribution < 1.29 is 0 Å². The summed E-state index contributed by atoms with van der Waals surface area (Å²) in [6.45, 7) is 7.53. The minimum atomic E-state index is 0.612. The second-order valence-corrected chi connectivity index (χ2v) is 3.68. The first-order valence-corrected chi connectivity index (χ1v) is 5.01. The van der Waals surface area contributed by atoms with E-state index in [-0.39, 0.29) is 0 Å². The fourth-order valence-electron chi connectivity index (χ4n) is 1.26. The molecule has 0 fully saturated rings. The maximum absolute atomic E-state index is 3.48. The highest BCUT2D eigenvalue weighted by atomic mass is 14.9. The number of nitrogens with one attached hydrogen (secondary N) is 1. The van der Waals surface area contributed by atoms with Crippen molar-refractivity contribution in [2.24, 2.45) is 0 Å². The predicted molar refractivity (Wildman–Crippen MR) is 57.8 cm³/mol. The van der Waals surface area contributed by atoms with Gasteiger partial charge in [0.25, 0.3) is 0 Å². The van der Waals surface area contributed by atoms with Gasteiger partial charge in [-0.3, -0.25) is 0 Å². The Kier molecular flexibility index (Phi) is 3.97. The summed E-state index contributed by atoms with van der Waals surface area (Å²) in [7, 11) is 0. The van der Waals surface area contributed by atoms with Crippen LogP contribution in [0.3, 0.4) is 0 Å². The Morgan fingerprint density at radius 3 is 2.77 bits per heavy atom. The molecule has 0 amide bonds. The van der Waals surface area contributed by atoms with Crippen molar-refractivity contribution in [2.45, 2.75) is 39.8 Å². The lowest BCUT2D eigenvalue weighted by molar-refractivity contribution is 0.534. The lowest BCUT2D eigenvalue weighted by Crippen LogP contribution is -2.24. The highest BCUT2D eigenvalue weighted by Crippen LogP contribution is 2.03. The Balaban J connectivity index is 2.45. The molecule has 0 aromatic heterocycles. The maximum Gasteiger partial charge on any atom is 0.0208 e. The number of aryl methyl sites for hydroxylation is 1. The van der Waals surface area contributed by atoms with E-state index in [4.69, 9.17) is 0 Å². The fraction of sp³-hybridized carbons (Fsp3) is 0.500. The summed E-state index contributed by atoms with van der Waals surface area (Å²) >= 11 is 0. The number of rotatable bonds is 4. The summed E-state index contributed by atoms with van der Waals surface area (Å²) < 4.78 is 0. The van der Waals surface area contributed by atoms with Crippen LogP contribution in [0.1, 0.15) is 31.4 Å². The van der Waals surface area contributed by atoms with E-state index in [9.17, 15) is 0 Å². The molecule has 0 spiro atoms. The average molecular weight is 177 g/mol. The van der Waals surface area contributed by atoms with Crippen LogP contribution in [0.2, 0.25) is 0 Å². The van der Waals surface area contributed by atoms with Gasteiger partial charge in [-0.25, -0.2) is 0 Å². The molecular formula is C12H19N. The molecule has 1 aromatic carbocycles. The van der Waals surface area contributed by atoms with Gasteiger partial charge in [-0.1, -0.05) is 36.8 Å². The van der Waals surface area contributed by atoms with Gasteiger partial charge in [0.1, 0.15) is 0 Å². The normalized spacial score (nSPS) is 12.8. The van der Waals surface area contributed by atoms with E-state index in [0.29, 0.717) is 6.04 Å². The van der Waals surface area contributed by atoms with Crippen LogP contribution in [-0.2, 0) is 6.54 Å². The zero-order valence-corrected chi connectivity index (χ0v) is 8.80. The first-order valence-electron chi connectivity index (χ1n) is 5.01. The lowest BCUT2D eigenvalue weighted by atomic mass is 10.1. The zero-order valence-electron chi connectivity index (χ0n) is 8.80. The molecule has 1 nitrogen and oxygen atoms in total. The molecule has 0 aliphatic rings. The minimum absolute atomic E-state index is 0.612. The summed E-state index contributed by atoms with van der Waals surface area (Å²) in [5, 5.41) is 3.48. The lowest BCUT2D eigenvalue weighted by Gasteiger charge is -2.11. The Hall–Kier alpha value is -0.820. The van der Waals surface area contributed by atoms with Gasteiger partial charge in [0.2, 0.25) is 0 Å². The third-order valence-electron chi connectivity index (χ3n) is 2.35. The summed E-state index contributed by atoms with van der Waals surface area (Å²) in [5.74, 6) is 0.